The molecule has 0 saturated carbocycles. The largest absolute Gasteiger partial charge is 0.372 e. The van der Waals surface area contributed by atoms with E-state index in [0.717, 1.165) is 64.2 Å². The lowest BCUT2D eigenvalue weighted by Gasteiger charge is -2.33. The smallest absolute Gasteiger partial charge is 0.253 e. The highest BCUT2D eigenvalue weighted by atomic mass is 16.5. The van der Waals surface area contributed by atoms with E-state index in [1.807, 2.05) is 18.7 Å². The molecule has 1 amide bonds. The maximum absolute atomic E-state index is 12.3. The number of piperidine rings is 1. The summed E-state index contributed by atoms with van der Waals surface area (Å²) in [6, 6.07) is 1.67. The molecule has 0 bridgehead atoms. The van der Waals surface area contributed by atoms with Gasteiger partial charge in [-0.25, -0.2) is 4.98 Å². The molecular formula is C20H32N4O3. The molecule has 0 radical (unpaired) electrons. The Morgan fingerprint density at radius 2 is 1.96 bits per heavy atom. The van der Waals surface area contributed by atoms with Gasteiger partial charge >= 0.3 is 0 Å². The quantitative estimate of drug-likeness (QED) is 0.749. The molecular weight excluding hydrogens is 344 g/mol. The molecule has 2 aliphatic heterocycles. The van der Waals surface area contributed by atoms with E-state index in [4.69, 9.17) is 4.74 Å². The van der Waals surface area contributed by atoms with Crippen LogP contribution in [0.3, 0.4) is 0 Å². The number of hydrogen-bond donors (Lipinski definition) is 0. The third-order valence-electron chi connectivity index (χ3n) is 5.64. The Kier molecular flexibility index (Phi) is 7.01. The average Bonchev–Trinajstić information content (AvgIpc) is 2.87. The molecule has 0 aliphatic carbocycles. The third-order valence-corrected chi connectivity index (χ3v) is 5.64. The number of carbonyl (C=O) groups is 1. The zero-order valence-electron chi connectivity index (χ0n) is 16.6. The van der Waals surface area contributed by atoms with Crippen molar-refractivity contribution in [2.75, 3.05) is 45.9 Å². The van der Waals surface area contributed by atoms with Gasteiger partial charge in [-0.1, -0.05) is 13.8 Å². The van der Waals surface area contributed by atoms with Crippen molar-refractivity contribution in [2.45, 2.75) is 45.6 Å². The van der Waals surface area contributed by atoms with E-state index >= 15 is 0 Å². The fraction of sp³-hybridized carbons (Fsp3) is 0.750. The monoisotopic (exact) mass is 376 g/mol. The van der Waals surface area contributed by atoms with Crippen LogP contribution < -0.4 is 5.56 Å². The van der Waals surface area contributed by atoms with Crippen LogP contribution in [0.2, 0.25) is 0 Å². The van der Waals surface area contributed by atoms with Crippen LogP contribution >= 0.6 is 0 Å². The van der Waals surface area contributed by atoms with Crippen molar-refractivity contribution in [3.05, 3.63) is 28.4 Å². The van der Waals surface area contributed by atoms with Gasteiger partial charge in [0.2, 0.25) is 5.91 Å². The number of amides is 1. The lowest BCUT2D eigenvalue weighted by atomic mass is 9.96. The minimum Gasteiger partial charge on any atom is -0.372 e. The molecule has 7 heteroatoms. The summed E-state index contributed by atoms with van der Waals surface area (Å²) in [5, 5.41) is 0. The van der Waals surface area contributed by atoms with Crippen molar-refractivity contribution in [3.63, 3.8) is 0 Å². The Morgan fingerprint density at radius 1 is 1.19 bits per heavy atom. The second-order valence-corrected chi connectivity index (χ2v) is 8.03. The first-order valence-corrected chi connectivity index (χ1v) is 10.2. The Hall–Kier alpha value is -1.73. The topological polar surface area (TPSA) is 67.7 Å². The minimum absolute atomic E-state index is 0.0537. The van der Waals surface area contributed by atoms with E-state index in [-0.39, 0.29) is 24.0 Å². The van der Waals surface area contributed by atoms with Crippen LogP contribution in [-0.2, 0) is 16.1 Å². The van der Waals surface area contributed by atoms with Gasteiger partial charge in [0.25, 0.3) is 5.56 Å². The summed E-state index contributed by atoms with van der Waals surface area (Å²) in [6.45, 7) is 10.3. The van der Waals surface area contributed by atoms with E-state index in [9.17, 15) is 9.59 Å². The highest BCUT2D eigenvalue weighted by molar-refractivity contribution is 5.77. The van der Waals surface area contributed by atoms with Crippen molar-refractivity contribution in [2.24, 2.45) is 5.92 Å². The fourth-order valence-electron chi connectivity index (χ4n) is 3.80. The molecule has 7 nitrogen and oxygen atoms in total. The predicted molar refractivity (Wildman–Crippen MR) is 104 cm³/mol. The fourth-order valence-corrected chi connectivity index (χ4v) is 3.80. The van der Waals surface area contributed by atoms with Gasteiger partial charge in [0.05, 0.1) is 12.0 Å². The van der Waals surface area contributed by atoms with Gasteiger partial charge in [-0.05, 0) is 44.2 Å². The van der Waals surface area contributed by atoms with Gasteiger partial charge in [-0.2, -0.15) is 0 Å². The van der Waals surface area contributed by atoms with Crippen molar-refractivity contribution in [1.82, 2.24) is 19.4 Å². The number of aromatic nitrogens is 2. The Bertz CT molecular complexity index is 680. The molecule has 0 aromatic carbocycles. The Morgan fingerprint density at radius 3 is 2.67 bits per heavy atom. The van der Waals surface area contributed by atoms with Gasteiger partial charge in [0, 0.05) is 38.9 Å². The van der Waals surface area contributed by atoms with Gasteiger partial charge < -0.3 is 14.5 Å². The summed E-state index contributed by atoms with van der Waals surface area (Å²) in [7, 11) is 0. The van der Waals surface area contributed by atoms with Crippen molar-refractivity contribution >= 4 is 5.91 Å². The summed E-state index contributed by atoms with van der Waals surface area (Å²) < 4.78 is 7.04. The number of hydrogen-bond acceptors (Lipinski definition) is 5. The molecule has 2 saturated heterocycles. The second-order valence-electron chi connectivity index (χ2n) is 8.03. The molecule has 2 aliphatic rings. The highest BCUT2D eigenvalue weighted by Crippen LogP contribution is 2.19. The van der Waals surface area contributed by atoms with E-state index in [1.165, 1.54) is 0 Å². The molecule has 0 atom stereocenters. The first-order valence-electron chi connectivity index (χ1n) is 10.2. The van der Waals surface area contributed by atoms with Crippen LogP contribution in [0.4, 0.5) is 0 Å². The van der Waals surface area contributed by atoms with Crippen LogP contribution in [0.5, 0.6) is 0 Å². The summed E-state index contributed by atoms with van der Waals surface area (Å²) in [5.74, 6) is 0.899. The Balaban J connectivity index is 1.44. The van der Waals surface area contributed by atoms with Crippen LogP contribution in [0.15, 0.2) is 17.2 Å². The van der Waals surface area contributed by atoms with Crippen LogP contribution in [0.1, 0.15) is 44.7 Å². The maximum atomic E-state index is 12.3. The van der Waals surface area contributed by atoms with Gasteiger partial charge in [0.1, 0.15) is 6.61 Å². The lowest BCUT2D eigenvalue weighted by Crippen LogP contribution is -2.43. The molecule has 0 unspecified atom stereocenters. The first-order chi connectivity index (χ1) is 13.0. The third kappa shape index (κ3) is 5.62. The lowest BCUT2D eigenvalue weighted by molar-refractivity contribution is -0.134. The van der Waals surface area contributed by atoms with Crippen LogP contribution in [0.25, 0.3) is 0 Å². The SMILES string of the molecule is CC(C)c1cc(=O)n(CC2CCN(CCN3CCCOCC3=O)CC2)cn1. The van der Waals surface area contributed by atoms with Gasteiger partial charge in [-0.3, -0.25) is 14.2 Å². The van der Waals surface area contributed by atoms with Gasteiger partial charge in [0.15, 0.2) is 0 Å². The highest BCUT2D eigenvalue weighted by Gasteiger charge is 2.22. The van der Waals surface area contributed by atoms with E-state index < -0.39 is 0 Å². The zero-order valence-corrected chi connectivity index (χ0v) is 16.6. The minimum atomic E-state index is 0.0537. The number of rotatable bonds is 6. The normalized spacial score (nSPS) is 20.3. The standard InChI is InChI=1S/C20H32N4O3/c1-16(2)18-12-19(25)24(15-21-18)13-17-4-7-22(8-5-17)9-10-23-6-3-11-27-14-20(23)26/h12,15-17H,3-11,13-14H2,1-2H3. The van der Waals surface area contributed by atoms with Crippen molar-refractivity contribution in [3.8, 4) is 0 Å². The summed E-state index contributed by atoms with van der Waals surface area (Å²) in [5.41, 5.74) is 0.914. The second kappa shape index (κ2) is 9.46. The van der Waals surface area contributed by atoms with E-state index in [1.54, 1.807) is 17.0 Å². The summed E-state index contributed by atoms with van der Waals surface area (Å²) in [6.07, 6.45) is 4.79. The zero-order chi connectivity index (χ0) is 19.2. The molecule has 3 heterocycles. The summed E-state index contributed by atoms with van der Waals surface area (Å²) in [4.78, 5) is 33.0. The van der Waals surface area contributed by atoms with Crippen molar-refractivity contribution in [1.29, 1.82) is 0 Å². The molecule has 0 N–H and O–H groups in total. The van der Waals surface area contributed by atoms with Crippen LogP contribution in [-0.4, -0.2) is 71.2 Å². The number of likely N-dealkylation sites (tertiary alicyclic amines) is 1. The average molecular weight is 377 g/mol. The van der Waals surface area contributed by atoms with Gasteiger partial charge in [-0.15, -0.1) is 0 Å². The molecule has 27 heavy (non-hydrogen) atoms. The molecule has 2 fully saturated rings. The molecule has 0 spiro atoms. The molecule has 1 aromatic rings. The predicted octanol–water partition coefficient (Wildman–Crippen LogP) is 1.33. The number of nitrogens with zero attached hydrogens (tertiary/aromatic N) is 4. The first kappa shape index (κ1) is 20.0. The van der Waals surface area contributed by atoms with E-state index in [0.29, 0.717) is 12.5 Å². The number of carbonyl (C=O) groups excluding carboxylic acids is 1. The summed E-state index contributed by atoms with van der Waals surface area (Å²) >= 11 is 0. The molecule has 150 valence electrons. The maximum Gasteiger partial charge on any atom is 0.253 e. The number of ether oxygens (including phenoxy) is 1. The van der Waals surface area contributed by atoms with Crippen LogP contribution in [0, 0.1) is 5.92 Å². The molecule has 3 rings (SSSR count). The van der Waals surface area contributed by atoms with Crippen molar-refractivity contribution < 1.29 is 9.53 Å². The van der Waals surface area contributed by atoms with E-state index in [2.05, 4.69) is 9.88 Å². The molecule has 1 aromatic heterocycles. The Labute approximate surface area is 161 Å².